The van der Waals surface area contributed by atoms with Crippen molar-refractivity contribution in [3.05, 3.63) is 77.4 Å². The summed E-state index contributed by atoms with van der Waals surface area (Å²) in [6, 6.07) is 6.03. The first-order chi connectivity index (χ1) is 14.3. The lowest BCUT2D eigenvalue weighted by molar-refractivity contribution is -0.111. The summed E-state index contributed by atoms with van der Waals surface area (Å²) in [5.41, 5.74) is 1.28. The first kappa shape index (κ1) is 20.7. The maximum absolute atomic E-state index is 14.1. The Bertz CT molecular complexity index is 1190. The summed E-state index contributed by atoms with van der Waals surface area (Å²) in [6.07, 6.45) is 3.97. The molecule has 0 aliphatic heterocycles. The standard InChI is InChI=1S/C21H18F2N4O3/c1-4-19(28)26-14-9-15(12-7-17(24-2)21(29)27(3)11-12)20(25-10-14)30-18-6-5-13(22)8-16(18)23/h4-11,24H,1H2,2-3H3,(H,26,28). The van der Waals surface area contributed by atoms with Gasteiger partial charge in [-0.2, -0.15) is 0 Å². The van der Waals surface area contributed by atoms with Crippen molar-refractivity contribution in [1.82, 2.24) is 9.55 Å². The van der Waals surface area contributed by atoms with Gasteiger partial charge in [-0.1, -0.05) is 6.58 Å². The Morgan fingerprint density at radius 2 is 2.03 bits per heavy atom. The normalized spacial score (nSPS) is 10.4. The molecule has 7 nitrogen and oxygen atoms in total. The largest absolute Gasteiger partial charge is 0.435 e. The molecule has 0 saturated carbocycles. The third-order valence-electron chi connectivity index (χ3n) is 4.17. The Kier molecular flexibility index (Phi) is 5.91. The first-order valence-corrected chi connectivity index (χ1v) is 8.77. The minimum absolute atomic E-state index is 0.00203. The number of anilines is 2. The van der Waals surface area contributed by atoms with Crippen molar-refractivity contribution in [2.45, 2.75) is 0 Å². The van der Waals surface area contributed by atoms with Gasteiger partial charge < -0.3 is 19.9 Å². The van der Waals surface area contributed by atoms with Crippen LogP contribution in [0.3, 0.4) is 0 Å². The molecule has 3 aromatic rings. The zero-order chi connectivity index (χ0) is 21.8. The molecule has 2 heterocycles. The third kappa shape index (κ3) is 4.35. The Morgan fingerprint density at radius 1 is 1.27 bits per heavy atom. The number of ether oxygens (including phenoxy) is 1. The molecule has 0 spiro atoms. The summed E-state index contributed by atoms with van der Waals surface area (Å²) in [5, 5.41) is 5.39. The second-order valence-electron chi connectivity index (χ2n) is 6.26. The highest BCUT2D eigenvalue weighted by Gasteiger charge is 2.16. The van der Waals surface area contributed by atoms with E-state index in [9.17, 15) is 18.4 Å². The number of carbonyl (C=O) groups excluding carboxylic acids is 1. The number of halogens is 2. The van der Waals surface area contributed by atoms with Gasteiger partial charge in [-0.25, -0.2) is 13.8 Å². The average molecular weight is 412 g/mol. The van der Waals surface area contributed by atoms with Crippen LogP contribution in [-0.2, 0) is 11.8 Å². The molecule has 0 aliphatic rings. The first-order valence-electron chi connectivity index (χ1n) is 8.77. The summed E-state index contributed by atoms with van der Waals surface area (Å²) in [7, 11) is 3.18. The van der Waals surface area contributed by atoms with Gasteiger partial charge in [-0.05, 0) is 30.3 Å². The molecule has 1 aromatic carbocycles. The molecule has 2 aromatic heterocycles. The van der Waals surface area contributed by atoms with E-state index in [1.54, 1.807) is 32.4 Å². The minimum Gasteiger partial charge on any atom is -0.435 e. The van der Waals surface area contributed by atoms with E-state index < -0.39 is 17.5 Å². The fourth-order valence-electron chi connectivity index (χ4n) is 2.70. The van der Waals surface area contributed by atoms with E-state index in [-0.39, 0.29) is 17.2 Å². The summed E-state index contributed by atoms with van der Waals surface area (Å²) in [6.45, 7) is 3.40. The predicted molar refractivity (Wildman–Crippen MR) is 110 cm³/mol. The molecule has 0 saturated heterocycles. The second kappa shape index (κ2) is 8.56. The van der Waals surface area contributed by atoms with E-state index >= 15 is 0 Å². The van der Waals surface area contributed by atoms with E-state index in [1.807, 2.05) is 0 Å². The van der Waals surface area contributed by atoms with E-state index in [0.29, 0.717) is 28.6 Å². The Morgan fingerprint density at radius 3 is 2.70 bits per heavy atom. The van der Waals surface area contributed by atoms with Crippen LogP contribution in [0.2, 0.25) is 0 Å². The van der Waals surface area contributed by atoms with Gasteiger partial charge in [-0.15, -0.1) is 0 Å². The Hall–Kier alpha value is -4.01. The third-order valence-corrected chi connectivity index (χ3v) is 4.17. The second-order valence-corrected chi connectivity index (χ2v) is 6.26. The van der Waals surface area contributed by atoms with Crippen LogP contribution in [-0.4, -0.2) is 22.5 Å². The number of nitrogens with zero attached hydrogens (tertiary/aromatic N) is 2. The molecule has 0 unspecified atom stereocenters. The lowest BCUT2D eigenvalue weighted by Crippen LogP contribution is -2.19. The number of benzene rings is 1. The number of aromatic nitrogens is 2. The van der Waals surface area contributed by atoms with Crippen molar-refractivity contribution in [3.63, 3.8) is 0 Å². The summed E-state index contributed by atoms with van der Waals surface area (Å²) in [4.78, 5) is 28.0. The molecule has 30 heavy (non-hydrogen) atoms. The van der Waals surface area contributed by atoms with Crippen molar-refractivity contribution < 1.29 is 18.3 Å². The number of pyridine rings is 2. The fraction of sp³-hybridized carbons (Fsp3) is 0.0952. The summed E-state index contributed by atoms with van der Waals surface area (Å²) < 4.78 is 34.2. The molecule has 0 aliphatic carbocycles. The lowest BCUT2D eigenvalue weighted by atomic mass is 10.1. The summed E-state index contributed by atoms with van der Waals surface area (Å²) >= 11 is 0. The van der Waals surface area contributed by atoms with Crippen LogP contribution in [0, 0.1) is 11.6 Å². The van der Waals surface area contributed by atoms with Crippen molar-refractivity contribution >= 4 is 17.3 Å². The molecule has 0 radical (unpaired) electrons. The molecular formula is C21H18F2N4O3. The quantitative estimate of drug-likeness (QED) is 0.604. The van der Waals surface area contributed by atoms with Crippen molar-refractivity contribution in [2.75, 3.05) is 17.7 Å². The molecule has 154 valence electrons. The van der Waals surface area contributed by atoms with Gasteiger partial charge in [0.25, 0.3) is 5.56 Å². The topological polar surface area (TPSA) is 85.2 Å². The predicted octanol–water partition coefficient (Wildman–Crippen LogP) is 3.68. The van der Waals surface area contributed by atoms with Crippen LogP contribution in [0.25, 0.3) is 11.1 Å². The van der Waals surface area contributed by atoms with Crippen LogP contribution in [0.15, 0.2) is 60.2 Å². The zero-order valence-electron chi connectivity index (χ0n) is 16.2. The van der Waals surface area contributed by atoms with Gasteiger partial charge >= 0.3 is 0 Å². The van der Waals surface area contributed by atoms with Crippen LogP contribution in [0.1, 0.15) is 0 Å². The van der Waals surface area contributed by atoms with Gasteiger partial charge in [0.15, 0.2) is 11.6 Å². The maximum Gasteiger partial charge on any atom is 0.273 e. The highest BCUT2D eigenvalue weighted by atomic mass is 19.1. The number of rotatable bonds is 6. The number of nitrogens with one attached hydrogen (secondary N) is 2. The van der Waals surface area contributed by atoms with E-state index in [4.69, 9.17) is 4.74 Å². The smallest absolute Gasteiger partial charge is 0.273 e. The van der Waals surface area contributed by atoms with Crippen LogP contribution < -0.4 is 20.9 Å². The number of hydrogen-bond donors (Lipinski definition) is 2. The van der Waals surface area contributed by atoms with Gasteiger partial charge in [0, 0.05) is 37.5 Å². The monoisotopic (exact) mass is 412 g/mol. The number of hydrogen-bond acceptors (Lipinski definition) is 5. The summed E-state index contributed by atoms with van der Waals surface area (Å²) in [5.74, 6) is -2.32. The molecule has 0 atom stereocenters. The maximum atomic E-state index is 14.1. The number of carbonyl (C=O) groups is 1. The van der Waals surface area contributed by atoms with Crippen molar-refractivity contribution in [1.29, 1.82) is 0 Å². The molecule has 1 amide bonds. The molecule has 9 heteroatoms. The van der Waals surface area contributed by atoms with Gasteiger partial charge in [-0.3, -0.25) is 9.59 Å². The Labute approximate surface area is 170 Å². The number of amides is 1. The highest BCUT2D eigenvalue weighted by molar-refractivity contribution is 5.99. The molecule has 2 N–H and O–H groups in total. The zero-order valence-corrected chi connectivity index (χ0v) is 16.2. The average Bonchev–Trinajstić information content (AvgIpc) is 2.72. The van der Waals surface area contributed by atoms with Gasteiger partial charge in [0.05, 0.1) is 11.9 Å². The Balaban J connectivity index is 2.15. The fourth-order valence-corrected chi connectivity index (χ4v) is 2.70. The van der Waals surface area contributed by atoms with Gasteiger partial charge in [0.1, 0.15) is 11.5 Å². The highest BCUT2D eigenvalue weighted by Crippen LogP contribution is 2.35. The van der Waals surface area contributed by atoms with Crippen LogP contribution >= 0.6 is 0 Å². The molecular weight excluding hydrogens is 394 g/mol. The van der Waals surface area contributed by atoms with E-state index in [1.165, 1.54) is 10.8 Å². The minimum atomic E-state index is -0.900. The lowest BCUT2D eigenvalue weighted by Gasteiger charge is -2.14. The van der Waals surface area contributed by atoms with Crippen molar-refractivity contribution in [3.8, 4) is 22.8 Å². The van der Waals surface area contributed by atoms with Gasteiger partial charge in [0.2, 0.25) is 11.8 Å². The molecule has 0 bridgehead atoms. The van der Waals surface area contributed by atoms with E-state index in [2.05, 4.69) is 22.2 Å². The SMILES string of the molecule is C=CC(=O)Nc1cnc(Oc2ccc(F)cc2F)c(-c2cc(NC)c(=O)n(C)c2)c1. The van der Waals surface area contributed by atoms with E-state index in [0.717, 1.165) is 18.2 Å². The van der Waals surface area contributed by atoms with Crippen LogP contribution in [0.5, 0.6) is 11.6 Å². The molecule has 0 fully saturated rings. The molecule has 3 rings (SSSR count). The van der Waals surface area contributed by atoms with Crippen LogP contribution in [0.4, 0.5) is 20.2 Å². The number of aryl methyl sites for hydroxylation is 1. The van der Waals surface area contributed by atoms with Crippen molar-refractivity contribution in [2.24, 2.45) is 7.05 Å².